The fraction of sp³-hybridized carbons (Fsp3) is 0.316. The van der Waals surface area contributed by atoms with Crippen molar-refractivity contribution in [1.82, 2.24) is 4.90 Å². The molecule has 0 aliphatic carbocycles. The van der Waals surface area contributed by atoms with Crippen LogP contribution in [0.5, 0.6) is 0 Å². The highest BCUT2D eigenvalue weighted by Gasteiger charge is 2.29. The second-order valence-corrected chi connectivity index (χ2v) is 5.69. The Morgan fingerprint density at radius 2 is 1.52 bits per heavy atom. The van der Waals surface area contributed by atoms with Gasteiger partial charge in [0.05, 0.1) is 5.56 Å². The fourth-order valence-electron chi connectivity index (χ4n) is 2.41. The van der Waals surface area contributed by atoms with Crippen LogP contribution in [0.3, 0.4) is 0 Å². The van der Waals surface area contributed by atoms with Crippen molar-refractivity contribution in [2.75, 3.05) is 18.4 Å². The molecule has 2 aromatic carbocycles. The Bertz CT molecular complexity index is 690. The molecule has 0 atom stereocenters. The Morgan fingerprint density at radius 1 is 0.960 bits per heavy atom. The molecule has 2 rings (SSSR count). The molecule has 0 saturated carbocycles. The van der Waals surface area contributed by atoms with Gasteiger partial charge < -0.3 is 5.32 Å². The SMILES string of the molecule is CCN(CC)Cc1ccc(C(=O)Nc2ccc(C(F)(F)F)cc2)cc1. The molecular formula is C19H21F3N2O. The average molecular weight is 350 g/mol. The Labute approximate surface area is 145 Å². The number of amides is 1. The third-order valence-corrected chi connectivity index (χ3v) is 3.99. The summed E-state index contributed by atoms with van der Waals surface area (Å²) in [7, 11) is 0. The van der Waals surface area contributed by atoms with E-state index in [0.717, 1.165) is 37.3 Å². The molecule has 134 valence electrons. The molecule has 0 fully saturated rings. The summed E-state index contributed by atoms with van der Waals surface area (Å²) in [6, 6.07) is 11.6. The van der Waals surface area contributed by atoms with Crippen LogP contribution in [0.1, 0.15) is 35.3 Å². The molecule has 0 spiro atoms. The number of carbonyl (C=O) groups is 1. The van der Waals surface area contributed by atoms with Gasteiger partial charge >= 0.3 is 6.18 Å². The van der Waals surface area contributed by atoms with Crippen LogP contribution in [-0.2, 0) is 12.7 Å². The minimum Gasteiger partial charge on any atom is -0.322 e. The number of nitrogens with zero attached hydrogens (tertiary/aromatic N) is 1. The lowest BCUT2D eigenvalue weighted by molar-refractivity contribution is -0.137. The van der Waals surface area contributed by atoms with Crippen LogP contribution in [0.25, 0.3) is 0 Å². The van der Waals surface area contributed by atoms with Crippen LogP contribution in [0.15, 0.2) is 48.5 Å². The van der Waals surface area contributed by atoms with Crippen LogP contribution in [0.4, 0.5) is 18.9 Å². The number of rotatable bonds is 6. The van der Waals surface area contributed by atoms with E-state index in [9.17, 15) is 18.0 Å². The number of halogens is 3. The molecule has 0 aliphatic heterocycles. The minimum atomic E-state index is -4.39. The quantitative estimate of drug-likeness (QED) is 0.812. The first-order chi connectivity index (χ1) is 11.8. The van der Waals surface area contributed by atoms with Gasteiger partial charge in [0.2, 0.25) is 0 Å². The van der Waals surface area contributed by atoms with Crippen molar-refractivity contribution >= 4 is 11.6 Å². The summed E-state index contributed by atoms with van der Waals surface area (Å²) in [6.07, 6.45) is -4.39. The monoisotopic (exact) mass is 350 g/mol. The van der Waals surface area contributed by atoms with Crippen molar-refractivity contribution in [1.29, 1.82) is 0 Å². The van der Waals surface area contributed by atoms with Crippen molar-refractivity contribution in [3.63, 3.8) is 0 Å². The minimum absolute atomic E-state index is 0.324. The zero-order valence-corrected chi connectivity index (χ0v) is 14.2. The Kier molecular flexibility index (Phi) is 6.20. The van der Waals surface area contributed by atoms with E-state index in [2.05, 4.69) is 24.1 Å². The van der Waals surface area contributed by atoms with E-state index in [-0.39, 0.29) is 5.91 Å². The normalized spacial score (nSPS) is 11.6. The van der Waals surface area contributed by atoms with Crippen LogP contribution >= 0.6 is 0 Å². The maximum absolute atomic E-state index is 12.5. The van der Waals surface area contributed by atoms with E-state index in [1.54, 1.807) is 12.1 Å². The topological polar surface area (TPSA) is 32.3 Å². The van der Waals surface area contributed by atoms with Crippen LogP contribution in [0.2, 0.25) is 0 Å². The van der Waals surface area contributed by atoms with Crippen molar-refractivity contribution in [3.05, 3.63) is 65.2 Å². The molecule has 1 amide bonds. The van der Waals surface area contributed by atoms with Gasteiger partial charge in [0.15, 0.2) is 0 Å². The lowest BCUT2D eigenvalue weighted by atomic mass is 10.1. The van der Waals surface area contributed by atoms with E-state index < -0.39 is 11.7 Å². The van der Waals surface area contributed by atoms with E-state index in [0.29, 0.717) is 11.3 Å². The Balaban J connectivity index is 2.01. The molecule has 0 unspecified atom stereocenters. The predicted octanol–water partition coefficient (Wildman–Crippen LogP) is 4.80. The number of anilines is 1. The standard InChI is InChI=1S/C19H21F3N2O/c1-3-24(4-2)13-14-5-7-15(8-6-14)18(25)23-17-11-9-16(10-12-17)19(20,21)22/h5-12H,3-4,13H2,1-2H3,(H,23,25). The first-order valence-electron chi connectivity index (χ1n) is 8.13. The van der Waals surface area contributed by atoms with E-state index >= 15 is 0 Å². The first kappa shape index (κ1) is 19.0. The third kappa shape index (κ3) is 5.32. The summed E-state index contributed by atoms with van der Waals surface area (Å²) in [5, 5.41) is 2.60. The summed E-state index contributed by atoms with van der Waals surface area (Å²) < 4.78 is 37.6. The fourth-order valence-corrected chi connectivity index (χ4v) is 2.41. The highest BCUT2D eigenvalue weighted by atomic mass is 19.4. The summed E-state index contributed by atoms with van der Waals surface area (Å²) in [4.78, 5) is 14.5. The average Bonchev–Trinajstić information content (AvgIpc) is 2.59. The smallest absolute Gasteiger partial charge is 0.322 e. The van der Waals surface area contributed by atoms with Gasteiger partial charge in [0, 0.05) is 17.8 Å². The number of carbonyl (C=O) groups excluding carboxylic acids is 1. The van der Waals surface area contributed by atoms with Crippen molar-refractivity contribution in [2.45, 2.75) is 26.6 Å². The predicted molar refractivity (Wildman–Crippen MR) is 92.5 cm³/mol. The van der Waals surface area contributed by atoms with Crippen LogP contribution in [-0.4, -0.2) is 23.9 Å². The van der Waals surface area contributed by atoms with Gasteiger partial charge in [0.1, 0.15) is 0 Å². The molecule has 0 saturated heterocycles. The molecule has 0 aromatic heterocycles. The van der Waals surface area contributed by atoms with Crippen molar-refractivity contribution < 1.29 is 18.0 Å². The third-order valence-electron chi connectivity index (χ3n) is 3.99. The second-order valence-electron chi connectivity index (χ2n) is 5.69. The van der Waals surface area contributed by atoms with Crippen molar-refractivity contribution in [3.8, 4) is 0 Å². The van der Waals surface area contributed by atoms with E-state index in [4.69, 9.17) is 0 Å². The van der Waals surface area contributed by atoms with Gasteiger partial charge in [-0.2, -0.15) is 13.2 Å². The maximum atomic E-state index is 12.5. The number of hydrogen-bond acceptors (Lipinski definition) is 2. The summed E-state index contributed by atoms with van der Waals surface area (Å²) >= 11 is 0. The number of benzene rings is 2. The Hall–Kier alpha value is -2.34. The van der Waals surface area contributed by atoms with E-state index in [1.165, 1.54) is 12.1 Å². The first-order valence-corrected chi connectivity index (χ1v) is 8.13. The molecule has 0 bridgehead atoms. The highest BCUT2D eigenvalue weighted by molar-refractivity contribution is 6.04. The zero-order valence-electron chi connectivity index (χ0n) is 14.2. The van der Waals surface area contributed by atoms with Gasteiger partial charge in [-0.1, -0.05) is 26.0 Å². The zero-order chi connectivity index (χ0) is 18.4. The van der Waals surface area contributed by atoms with Gasteiger partial charge in [-0.15, -0.1) is 0 Å². The van der Waals surface area contributed by atoms with Crippen molar-refractivity contribution in [2.24, 2.45) is 0 Å². The maximum Gasteiger partial charge on any atom is 0.416 e. The Morgan fingerprint density at radius 3 is 2.00 bits per heavy atom. The number of nitrogens with one attached hydrogen (secondary N) is 1. The lowest BCUT2D eigenvalue weighted by Crippen LogP contribution is -2.22. The molecule has 25 heavy (non-hydrogen) atoms. The second kappa shape index (κ2) is 8.16. The molecule has 6 heteroatoms. The molecule has 0 aliphatic rings. The molecule has 0 radical (unpaired) electrons. The van der Waals surface area contributed by atoms with Gasteiger partial charge in [-0.25, -0.2) is 0 Å². The largest absolute Gasteiger partial charge is 0.416 e. The summed E-state index contributed by atoms with van der Waals surface area (Å²) in [5.74, 6) is -0.353. The molecular weight excluding hydrogens is 329 g/mol. The highest BCUT2D eigenvalue weighted by Crippen LogP contribution is 2.29. The molecule has 0 heterocycles. The molecule has 2 aromatic rings. The summed E-state index contributed by atoms with van der Waals surface area (Å²) in [6.45, 7) is 6.90. The molecule has 1 N–H and O–H groups in total. The summed E-state index contributed by atoms with van der Waals surface area (Å²) in [5.41, 5.74) is 1.15. The molecule has 3 nitrogen and oxygen atoms in total. The lowest BCUT2D eigenvalue weighted by Gasteiger charge is -2.18. The van der Waals surface area contributed by atoms with Gasteiger partial charge in [-0.3, -0.25) is 9.69 Å². The number of hydrogen-bond donors (Lipinski definition) is 1. The number of alkyl halides is 3. The van der Waals surface area contributed by atoms with Gasteiger partial charge in [-0.05, 0) is 55.1 Å². The van der Waals surface area contributed by atoms with E-state index in [1.807, 2.05) is 12.1 Å². The van der Waals surface area contributed by atoms with Crippen LogP contribution in [0, 0.1) is 0 Å². The van der Waals surface area contributed by atoms with Crippen LogP contribution < -0.4 is 5.32 Å². The van der Waals surface area contributed by atoms with Gasteiger partial charge in [0.25, 0.3) is 5.91 Å².